The molecule has 0 bridgehead atoms. The molecule has 3 aromatic carbocycles. The molecule has 146 valence electrons. The summed E-state index contributed by atoms with van der Waals surface area (Å²) < 4.78 is 7.81. The smallest absolute Gasteiger partial charge is 0.269 e. The zero-order valence-electron chi connectivity index (χ0n) is 15.6. The van der Waals surface area contributed by atoms with E-state index in [2.05, 4.69) is 32.3 Å². The van der Waals surface area contributed by atoms with E-state index in [0.717, 1.165) is 33.3 Å². The van der Waals surface area contributed by atoms with Crippen LogP contribution in [0.15, 0.2) is 65.3 Å². The highest BCUT2D eigenvalue weighted by molar-refractivity contribution is 9.10. The minimum atomic E-state index is -0.397. The zero-order chi connectivity index (χ0) is 20.4. The highest BCUT2D eigenvalue weighted by Gasteiger charge is 2.14. The Bertz CT molecular complexity index is 1190. The van der Waals surface area contributed by atoms with Crippen LogP contribution in [0, 0.1) is 10.1 Å². The van der Waals surface area contributed by atoms with Gasteiger partial charge in [0.05, 0.1) is 12.0 Å². The molecule has 8 heteroatoms. The average Bonchev–Trinajstić information content (AvgIpc) is 3.12. The second-order valence-corrected chi connectivity index (χ2v) is 7.30. The van der Waals surface area contributed by atoms with Gasteiger partial charge in [0, 0.05) is 24.2 Å². The van der Waals surface area contributed by atoms with Crippen LogP contribution < -0.4 is 4.74 Å². The lowest BCUT2D eigenvalue weighted by molar-refractivity contribution is -0.384. The molecule has 0 N–H and O–H groups in total. The van der Waals surface area contributed by atoms with E-state index in [1.807, 2.05) is 35.0 Å². The quantitative estimate of drug-likeness (QED) is 0.303. The van der Waals surface area contributed by atoms with Gasteiger partial charge in [-0.05, 0) is 56.9 Å². The number of benzene rings is 3. The van der Waals surface area contributed by atoms with Gasteiger partial charge in [-0.2, -0.15) is 0 Å². The van der Waals surface area contributed by atoms with Crippen molar-refractivity contribution in [2.75, 3.05) is 7.11 Å². The first-order valence-corrected chi connectivity index (χ1v) is 9.75. The zero-order valence-corrected chi connectivity index (χ0v) is 17.2. The molecule has 0 fully saturated rings. The molecule has 0 unspecified atom stereocenters. The molecule has 0 atom stereocenters. The van der Waals surface area contributed by atoms with Crippen LogP contribution in [0.5, 0.6) is 5.75 Å². The van der Waals surface area contributed by atoms with Crippen molar-refractivity contribution in [2.24, 2.45) is 0 Å². The molecule has 0 aliphatic carbocycles. The summed E-state index contributed by atoms with van der Waals surface area (Å²) in [6.45, 7) is 0.604. The molecule has 0 spiro atoms. The molecule has 4 aromatic rings. The Morgan fingerprint density at radius 1 is 1.07 bits per heavy atom. The highest BCUT2D eigenvalue weighted by Crippen LogP contribution is 2.30. The Hall–Kier alpha value is -3.26. The number of ether oxygens (including phenoxy) is 1. The third-order valence-electron chi connectivity index (χ3n) is 4.77. The van der Waals surface area contributed by atoms with Crippen LogP contribution in [0.25, 0.3) is 22.0 Å². The number of nitro benzene ring substituents is 1. The minimum absolute atomic E-state index is 0.0886. The molecule has 0 radical (unpaired) electrons. The third-order valence-corrected chi connectivity index (χ3v) is 5.31. The van der Waals surface area contributed by atoms with Gasteiger partial charge >= 0.3 is 0 Å². The fourth-order valence-electron chi connectivity index (χ4n) is 3.23. The summed E-state index contributed by atoms with van der Waals surface area (Å²) in [5.41, 5.74) is 2.98. The Balaban J connectivity index is 1.60. The average molecular weight is 453 g/mol. The van der Waals surface area contributed by atoms with E-state index < -0.39 is 4.92 Å². The Labute approximate surface area is 175 Å². The summed E-state index contributed by atoms with van der Waals surface area (Å²) in [5, 5.41) is 21.4. The van der Waals surface area contributed by atoms with Crippen molar-refractivity contribution in [1.82, 2.24) is 15.0 Å². The summed E-state index contributed by atoms with van der Waals surface area (Å²) in [6.07, 6.45) is 0.686. The number of hydrogen-bond acceptors (Lipinski definition) is 5. The normalized spacial score (nSPS) is 11.0. The fourth-order valence-corrected chi connectivity index (χ4v) is 3.74. The molecule has 0 saturated heterocycles. The van der Waals surface area contributed by atoms with E-state index >= 15 is 0 Å². The largest absolute Gasteiger partial charge is 0.497 e. The molecule has 7 nitrogen and oxygen atoms in total. The van der Waals surface area contributed by atoms with Gasteiger partial charge in [-0.15, -0.1) is 5.10 Å². The molecular weight excluding hydrogens is 436 g/mol. The molecule has 0 aliphatic heterocycles. The van der Waals surface area contributed by atoms with Crippen molar-refractivity contribution in [2.45, 2.75) is 13.0 Å². The van der Waals surface area contributed by atoms with Gasteiger partial charge in [-0.3, -0.25) is 10.1 Å². The first-order chi connectivity index (χ1) is 14.0. The van der Waals surface area contributed by atoms with Crippen molar-refractivity contribution in [3.8, 4) is 17.0 Å². The number of hydrogen-bond donors (Lipinski definition) is 0. The summed E-state index contributed by atoms with van der Waals surface area (Å²) in [6, 6.07) is 18.7. The number of nitrogens with zero attached hydrogens (tertiary/aromatic N) is 4. The molecule has 1 heterocycles. The van der Waals surface area contributed by atoms with Crippen LogP contribution in [0.1, 0.15) is 5.56 Å². The number of halogens is 1. The number of aryl methyl sites for hydroxylation is 2. The SMILES string of the molecule is COc1ccc2cc(-c3c(Br)nnn3CCc3ccc([N+](=O)[O-])cc3)ccc2c1. The monoisotopic (exact) mass is 452 g/mol. The molecule has 1 aromatic heterocycles. The lowest BCUT2D eigenvalue weighted by Gasteiger charge is -2.09. The first kappa shape index (κ1) is 19.1. The number of rotatable bonds is 6. The lowest BCUT2D eigenvalue weighted by Crippen LogP contribution is -2.05. The van der Waals surface area contributed by atoms with Crippen LogP contribution in [-0.2, 0) is 13.0 Å². The minimum Gasteiger partial charge on any atom is -0.497 e. The number of aromatic nitrogens is 3. The van der Waals surface area contributed by atoms with E-state index in [1.54, 1.807) is 19.2 Å². The summed E-state index contributed by atoms with van der Waals surface area (Å²) in [4.78, 5) is 10.4. The van der Waals surface area contributed by atoms with Crippen molar-refractivity contribution >= 4 is 32.4 Å². The number of nitro groups is 1. The van der Waals surface area contributed by atoms with E-state index in [1.165, 1.54) is 12.1 Å². The van der Waals surface area contributed by atoms with E-state index in [9.17, 15) is 10.1 Å². The highest BCUT2D eigenvalue weighted by atomic mass is 79.9. The van der Waals surface area contributed by atoms with E-state index in [-0.39, 0.29) is 5.69 Å². The Morgan fingerprint density at radius 3 is 2.52 bits per heavy atom. The van der Waals surface area contributed by atoms with Gasteiger partial charge in [0.25, 0.3) is 5.69 Å². The lowest BCUT2D eigenvalue weighted by atomic mass is 10.0. The fraction of sp³-hybridized carbons (Fsp3) is 0.143. The van der Waals surface area contributed by atoms with Gasteiger partial charge in [0.1, 0.15) is 11.4 Å². The van der Waals surface area contributed by atoms with Gasteiger partial charge in [0.2, 0.25) is 0 Å². The van der Waals surface area contributed by atoms with Crippen LogP contribution in [0.4, 0.5) is 5.69 Å². The van der Waals surface area contributed by atoms with Crippen LogP contribution in [-0.4, -0.2) is 27.0 Å². The van der Waals surface area contributed by atoms with Crippen molar-refractivity contribution in [1.29, 1.82) is 0 Å². The van der Waals surface area contributed by atoms with Gasteiger partial charge in [0.15, 0.2) is 4.60 Å². The maximum atomic E-state index is 10.8. The Morgan fingerprint density at radius 2 is 1.79 bits per heavy atom. The molecule has 29 heavy (non-hydrogen) atoms. The van der Waals surface area contributed by atoms with E-state index in [4.69, 9.17) is 4.74 Å². The molecule has 0 aliphatic rings. The molecule has 0 amide bonds. The number of fused-ring (bicyclic) bond motifs is 1. The van der Waals surface area contributed by atoms with E-state index in [0.29, 0.717) is 17.6 Å². The van der Waals surface area contributed by atoms with Crippen LogP contribution >= 0.6 is 15.9 Å². The van der Waals surface area contributed by atoms with Gasteiger partial charge in [-0.25, -0.2) is 4.68 Å². The van der Waals surface area contributed by atoms with Gasteiger partial charge in [-0.1, -0.05) is 35.5 Å². The van der Waals surface area contributed by atoms with Crippen molar-refractivity contribution in [3.05, 3.63) is 80.9 Å². The van der Waals surface area contributed by atoms with Crippen molar-refractivity contribution < 1.29 is 9.66 Å². The number of methoxy groups -OCH3 is 1. The predicted octanol–water partition coefficient (Wildman–Crippen LogP) is 5.02. The van der Waals surface area contributed by atoms with Crippen LogP contribution in [0.2, 0.25) is 0 Å². The summed E-state index contributed by atoms with van der Waals surface area (Å²) >= 11 is 3.50. The standard InChI is InChI=1S/C21H17BrN4O3/c1-29-19-9-6-15-12-17(5-4-16(15)13-19)20-21(22)23-24-25(20)11-10-14-2-7-18(8-3-14)26(27)28/h2-9,12-13H,10-11H2,1H3. The topological polar surface area (TPSA) is 83.1 Å². The second kappa shape index (κ2) is 8.00. The first-order valence-electron chi connectivity index (χ1n) is 8.95. The van der Waals surface area contributed by atoms with Crippen molar-refractivity contribution in [3.63, 3.8) is 0 Å². The maximum Gasteiger partial charge on any atom is 0.269 e. The summed E-state index contributed by atoms with van der Waals surface area (Å²) in [7, 11) is 1.65. The number of non-ortho nitro benzene ring substituents is 1. The van der Waals surface area contributed by atoms with Crippen LogP contribution in [0.3, 0.4) is 0 Å². The maximum absolute atomic E-state index is 10.8. The molecular formula is C21H17BrN4O3. The molecule has 0 saturated carbocycles. The molecule has 4 rings (SSSR count). The predicted molar refractivity (Wildman–Crippen MR) is 114 cm³/mol. The second-order valence-electron chi connectivity index (χ2n) is 6.55. The Kier molecular flexibility index (Phi) is 5.26. The third kappa shape index (κ3) is 3.97. The summed E-state index contributed by atoms with van der Waals surface area (Å²) in [5.74, 6) is 0.821. The van der Waals surface area contributed by atoms with Gasteiger partial charge < -0.3 is 4.74 Å².